The highest BCUT2D eigenvalue weighted by atomic mass is 35.5. The Labute approximate surface area is 88.4 Å². The van der Waals surface area contributed by atoms with Crippen LogP contribution in [-0.2, 0) is 0 Å². The van der Waals surface area contributed by atoms with E-state index in [0.29, 0.717) is 18.0 Å². The molecule has 0 aliphatic heterocycles. The van der Waals surface area contributed by atoms with Crippen LogP contribution < -0.4 is 0 Å². The summed E-state index contributed by atoms with van der Waals surface area (Å²) in [6, 6.07) is 5.33. The molecule has 0 aliphatic carbocycles. The minimum absolute atomic E-state index is 0.323. The maximum absolute atomic E-state index is 9.67. The topological polar surface area (TPSA) is 53.4 Å². The van der Waals surface area contributed by atoms with Gasteiger partial charge in [0.25, 0.3) is 0 Å². The number of pyridine rings is 1. The number of aromatic nitrogens is 1. The highest BCUT2D eigenvalue weighted by molar-refractivity contribution is 6.17. The van der Waals surface area contributed by atoms with E-state index in [1.165, 1.54) is 0 Å². The van der Waals surface area contributed by atoms with Crippen LogP contribution in [0, 0.1) is 6.92 Å². The van der Waals surface area contributed by atoms with Crippen LogP contribution in [0.25, 0.3) is 0 Å². The highest BCUT2D eigenvalue weighted by Crippen LogP contribution is 2.17. The van der Waals surface area contributed by atoms with Crippen molar-refractivity contribution in [2.45, 2.75) is 25.6 Å². The maximum atomic E-state index is 9.67. The summed E-state index contributed by atoms with van der Waals surface area (Å²) in [7, 11) is 0. The number of hydrogen-bond acceptors (Lipinski definition) is 3. The first-order valence-electron chi connectivity index (χ1n) is 4.51. The van der Waals surface area contributed by atoms with Gasteiger partial charge >= 0.3 is 0 Å². The first-order valence-corrected chi connectivity index (χ1v) is 5.04. The summed E-state index contributed by atoms with van der Waals surface area (Å²) in [4.78, 5) is 4.12. The minimum atomic E-state index is -0.950. The van der Waals surface area contributed by atoms with Gasteiger partial charge in [0.2, 0.25) is 0 Å². The third-order valence-corrected chi connectivity index (χ3v) is 2.20. The van der Waals surface area contributed by atoms with Gasteiger partial charge in [0.1, 0.15) is 6.10 Å². The molecule has 1 rings (SSSR count). The number of aliphatic hydroxyl groups excluding tert-OH is 2. The van der Waals surface area contributed by atoms with Crippen LogP contribution >= 0.6 is 11.6 Å². The maximum Gasteiger partial charge on any atom is 0.122 e. The lowest BCUT2D eigenvalue weighted by Crippen LogP contribution is -2.19. The fourth-order valence-electron chi connectivity index (χ4n) is 1.20. The fourth-order valence-corrected chi connectivity index (χ4v) is 1.42. The Balaban J connectivity index is 2.73. The van der Waals surface area contributed by atoms with Crippen molar-refractivity contribution in [1.82, 2.24) is 4.98 Å². The van der Waals surface area contributed by atoms with Gasteiger partial charge < -0.3 is 10.2 Å². The van der Waals surface area contributed by atoms with Crippen LogP contribution in [0.4, 0.5) is 0 Å². The standard InChI is InChI=1S/C10H14ClNO2/c1-7-3-2-4-8(12-7)10(14)9(13)5-6-11/h2-4,9-10,13-14H,5-6H2,1H3. The van der Waals surface area contributed by atoms with E-state index in [0.717, 1.165) is 5.69 Å². The zero-order chi connectivity index (χ0) is 10.6. The molecule has 0 radical (unpaired) electrons. The normalized spacial score (nSPS) is 15.1. The van der Waals surface area contributed by atoms with Crippen molar-refractivity contribution in [3.63, 3.8) is 0 Å². The third kappa shape index (κ3) is 2.94. The van der Waals surface area contributed by atoms with Gasteiger partial charge in [0.05, 0.1) is 11.8 Å². The molecule has 2 N–H and O–H groups in total. The van der Waals surface area contributed by atoms with E-state index in [4.69, 9.17) is 11.6 Å². The van der Waals surface area contributed by atoms with Crippen LogP contribution in [0.5, 0.6) is 0 Å². The molecule has 2 unspecified atom stereocenters. The molecule has 0 spiro atoms. The molecule has 14 heavy (non-hydrogen) atoms. The number of halogens is 1. The predicted octanol–water partition coefficient (Wildman–Crippen LogP) is 1.41. The Bertz CT molecular complexity index is 293. The molecule has 0 amide bonds. The zero-order valence-corrected chi connectivity index (χ0v) is 8.78. The summed E-state index contributed by atoms with van der Waals surface area (Å²) in [6.07, 6.45) is -1.44. The van der Waals surface area contributed by atoms with E-state index in [1.807, 2.05) is 13.0 Å². The molecule has 0 fully saturated rings. The van der Waals surface area contributed by atoms with E-state index < -0.39 is 12.2 Å². The van der Waals surface area contributed by atoms with Crippen LogP contribution in [0.2, 0.25) is 0 Å². The Morgan fingerprint density at radius 1 is 1.43 bits per heavy atom. The Hall–Kier alpha value is -0.640. The lowest BCUT2D eigenvalue weighted by atomic mass is 10.1. The van der Waals surface area contributed by atoms with Crippen molar-refractivity contribution in [3.05, 3.63) is 29.6 Å². The van der Waals surface area contributed by atoms with Crippen molar-refractivity contribution < 1.29 is 10.2 Å². The molecule has 0 aliphatic rings. The number of alkyl halides is 1. The van der Waals surface area contributed by atoms with Crippen molar-refractivity contribution in [2.75, 3.05) is 5.88 Å². The molecular weight excluding hydrogens is 202 g/mol. The molecule has 0 saturated heterocycles. The van der Waals surface area contributed by atoms with Crippen molar-refractivity contribution in [1.29, 1.82) is 0 Å². The SMILES string of the molecule is Cc1cccc(C(O)C(O)CCCl)n1. The van der Waals surface area contributed by atoms with E-state index in [1.54, 1.807) is 12.1 Å². The number of rotatable bonds is 4. The average molecular weight is 216 g/mol. The summed E-state index contributed by atoms with van der Waals surface area (Å²) in [5.41, 5.74) is 1.31. The Morgan fingerprint density at radius 2 is 2.14 bits per heavy atom. The van der Waals surface area contributed by atoms with E-state index in [2.05, 4.69) is 4.98 Å². The largest absolute Gasteiger partial charge is 0.390 e. The molecule has 1 aromatic heterocycles. The molecule has 0 bridgehead atoms. The zero-order valence-electron chi connectivity index (χ0n) is 8.02. The molecular formula is C10H14ClNO2. The number of nitrogens with zero attached hydrogens (tertiary/aromatic N) is 1. The van der Waals surface area contributed by atoms with Gasteiger partial charge in [-0.3, -0.25) is 4.98 Å². The molecule has 2 atom stereocenters. The predicted molar refractivity (Wildman–Crippen MR) is 55.3 cm³/mol. The Kier molecular flexibility index (Phi) is 4.32. The fraction of sp³-hybridized carbons (Fsp3) is 0.500. The van der Waals surface area contributed by atoms with Gasteiger partial charge in [0.15, 0.2) is 0 Å². The van der Waals surface area contributed by atoms with Crippen molar-refractivity contribution >= 4 is 11.6 Å². The number of aryl methyl sites for hydroxylation is 1. The molecule has 4 heteroatoms. The first-order chi connectivity index (χ1) is 6.65. The summed E-state index contributed by atoms with van der Waals surface area (Å²) in [5.74, 6) is 0.323. The van der Waals surface area contributed by atoms with Gasteiger partial charge in [-0.1, -0.05) is 6.07 Å². The lowest BCUT2D eigenvalue weighted by Gasteiger charge is -2.16. The molecule has 3 nitrogen and oxygen atoms in total. The van der Waals surface area contributed by atoms with Gasteiger partial charge in [0, 0.05) is 11.6 Å². The van der Waals surface area contributed by atoms with Gasteiger partial charge in [-0.15, -0.1) is 11.6 Å². The average Bonchev–Trinajstić information content (AvgIpc) is 2.17. The van der Waals surface area contributed by atoms with Gasteiger partial charge in [-0.05, 0) is 25.5 Å². The summed E-state index contributed by atoms with van der Waals surface area (Å²) >= 11 is 5.47. The summed E-state index contributed by atoms with van der Waals surface area (Å²) in [5, 5.41) is 19.2. The summed E-state index contributed by atoms with van der Waals surface area (Å²) < 4.78 is 0. The quantitative estimate of drug-likeness (QED) is 0.747. The van der Waals surface area contributed by atoms with Crippen molar-refractivity contribution in [3.8, 4) is 0 Å². The van der Waals surface area contributed by atoms with Crippen LogP contribution in [-0.4, -0.2) is 27.2 Å². The van der Waals surface area contributed by atoms with Crippen LogP contribution in [0.15, 0.2) is 18.2 Å². The third-order valence-electron chi connectivity index (χ3n) is 1.98. The Morgan fingerprint density at radius 3 is 2.71 bits per heavy atom. The molecule has 0 saturated carbocycles. The second-order valence-electron chi connectivity index (χ2n) is 3.19. The monoisotopic (exact) mass is 215 g/mol. The summed E-state index contributed by atoms with van der Waals surface area (Å²) in [6.45, 7) is 1.84. The molecule has 1 aromatic rings. The van der Waals surface area contributed by atoms with E-state index in [-0.39, 0.29) is 0 Å². The number of aliphatic hydroxyl groups is 2. The first kappa shape index (κ1) is 11.4. The van der Waals surface area contributed by atoms with Crippen molar-refractivity contribution in [2.24, 2.45) is 0 Å². The van der Waals surface area contributed by atoms with E-state index in [9.17, 15) is 10.2 Å². The smallest absolute Gasteiger partial charge is 0.122 e. The number of hydrogen-bond donors (Lipinski definition) is 2. The molecule has 78 valence electrons. The van der Waals surface area contributed by atoms with Gasteiger partial charge in [-0.2, -0.15) is 0 Å². The second kappa shape index (κ2) is 5.29. The van der Waals surface area contributed by atoms with Gasteiger partial charge in [-0.25, -0.2) is 0 Å². The van der Waals surface area contributed by atoms with E-state index >= 15 is 0 Å². The molecule has 0 aromatic carbocycles. The van der Waals surface area contributed by atoms with Crippen LogP contribution in [0.3, 0.4) is 0 Å². The highest BCUT2D eigenvalue weighted by Gasteiger charge is 2.18. The van der Waals surface area contributed by atoms with Crippen LogP contribution in [0.1, 0.15) is 23.9 Å². The lowest BCUT2D eigenvalue weighted by molar-refractivity contribution is 0.0144. The molecule has 1 heterocycles. The second-order valence-corrected chi connectivity index (χ2v) is 3.57. The minimum Gasteiger partial charge on any atom is -0.390 e.